The Morgan fingerprint density at radius 1 is 1.45 bits per heavy atom. The van der Waals surface area contributed by atoms with Gasteiger partial charge in [0.25, 0.3) is 0 Å². The van der Waals surface area contributed by atoms with E-state index in [9.17, 15) is 9.59 Å². The second-order valence-electron chi connectivity index (χ2n) is 5.05. The van der Waals surface area contributed by atoms with E-state index < -0.39 is 0 Å². The van der Waals surface area contributed by atoms with Gasteiger partial charge in [0, 0.05) is 26.2 Å². The van der Waals surface area contributed by atoms with Crippen LogP contribution in [-0.2, 0) is 19.1 Å². The maximum absolute atomic E-state index is 11.8. The number of nitrogens with zero attached hydrogens (tertiary/aromatic N) is 1. The fraction of sp³-hybridized carbons (Fsp3) is 0.857. The second kappa shape index (κ2) is 9.72. The number of hydrogen-bond donors (Lipinski definition) is 1. The van der Waals surface area contributed by atoms with Crippen molar-refractivity contribution in [1.82, 2.24) is 10.2 Å². The summed E-state index contributed by atoms with van der Waals surface area (Å²) in [4.78, 5) is 25.0. The lowest BCUT2D eigenvalue weighted by atomic mass is 10.2. The number of nitrogens with one attached hydrogen (secondary N) is 1. The first kappa shape index (κ1) is 16.9. The van der Waals surface area contributed by atoms with Crippen molar-refractivity contribution in [2.24, 2.45) is 0 Å². The second-order valence-corrected chi connectivity index (χ2v) is 5.05. The maximum Gasteiger partial charge on any atom is 0.306 e. The first-order valence-electron chi connectivity index (χ1n) is 7.33. The molecule has 1 aliphatic rings. The minimum Gasteiger partial charge on any atom is -0.469 e. The molecule has 0 aliphatic carbocycles. The molecule has 1 fully saturated rings. The molecule has 6 heteroatoms. The zero-order chi connectivity index (χ0) is 14.8. The van der Waals surface area contributed by atoms with Gasteiger partial charge in [-0.2, -0.15) is 0 Å². The zero-order valence-corrected chi connectivity index (χ0v) is 12.5. The Balaban J connectivity index is 2.39. The fourth-order valence-electron chi connectivity index (χ4n) is 2.19. The number of amides is 1. The molecule has 1 saturated heterocycles. The number of carbonyl (C=O) groups is 2. The molecule has 1 N–H and O–H groups in total. The summed E-state index contributed by atoms with van der Waals surface area (Å²) in [6.07, 6.45) is 3.47. The van der Waals surface area contributed by atoms with Gasteiger partial charge in [-0.05, 0) is 19.3 Å². The molecule has 1 amide bonds. The third-order valence-corrected chi connectivity index (χ3v) is 3.29. The number of hydrogen-bond acceptors (Lipinski definition) is 5. The topological polar surface area (TPSA) is 67.9 Å². The van der Waals surface area contributed by atoms with Crippen molar-refractivity contribution in [3.63, 3.8) is 0 Å². The van der Waals surface area contributed by atoms with E-state index >= 15 is 0 Å². The number of methoxy groups -OCH3 is 1. The van der Waals surface area contributed by atoms with Crippen LogP contribution in [0.3, 0.4) is 0 Å². The lowest BCUT2D eigenvalue weighted by molar-refractivity contribution is -0.141. The van der Waals surface area contributed by atoms with Gasteiger partial charge < -0.3 is 14.8 Å². The smallest absolute Gasteiger partial charge is 0.306 e. The highest BCUT2D eigenvalue weighted by atomic mass is 16.5. The van der Waals surface area contributed by atoms with Gasteiger partial charge in [-0.3, -0.25) is 14.5 Å². The van der Waals surface area contributed by atoms with Crippen molar-refractivity contribution in [3.05, 3.63) is 0 Å². The van der Waals surface area contributed by atoms with Crippen LogP contribution in [0.25, 0.3) is 0 Å². The average molecular weight is 286 g/mol. The Labute approximate surface area is 120 Å². The van der Waals surface area contributed by atoms with Crippen LogP contribution in [0.5, 0.6) is 0 Å². The van der Waals surface area contributed by atoms with Gasteiger partial charge in [-0.1, -0.05) is 6.92 Å². The zero-order valence-electron chi connectivity index (χ0n) is 12.5. The van der Waals surface area contributed by atoms with Crippen molar-refractivity contribution >= 4 is 11.9 Å². The Morgan fingerprint density at radius 2 is 2.25 bits per heavy atom. The molecule has 6 nitrogen and oxygen atoms in total. The van der Waals surface area contributed by atoms with Crippen LogP contribution in [0.2, 0.25) is 0 Å². The summed E-state index contributed by atoms with van der Waals surface area (Å²) < 4.78 is 10.2. The highest BCUT2D eigenvalue weighted by Crippen LogP contribution is 2.13. The summed E-state index contributed by atoms with van der Waals surface area (Å²) in [6, 6.07) is 0. The van der Waals surface area contributed by atoms with Gasteiger partial charge in [0.15, 0.2) is 0 Å². The van der Waals surface area contributed by atoms with Gasteiger partial charge in [0.05, 0.1) is 26.2 Å². The Hall–Kier alpha value is -1.14. The standard InChI is InChI=1S/C14H26N2O4/c1-3-7-15-13(17)11-16(8-6-14(18)19-2)10-12-5-4-9-20-12/h12H,3-11H2,1-2H3,(H,15,17). The summed E-state index contributed by atoms with van der Waals surface area (Å²) in [5.74, 6) is -0.258. The van der Waals surface area contributed by atoms with E-state index in [2.05, 4.69) is 10.1 Å². The molecule has 0 aromatic heterocycles. The van der Waals surface area contributed by atoms with E-state index in [-0.39, 0.29) is 18.0 Å². The maximum atomic E-state index is 11.8. The SMILES string of the molecule is CCCNC(=O)CN(CCC(=O)OC)CC1CCCO1. The van der Waals surface area contributed by atoms with Crippen LogP contribution >= 0.6 is 0 Å². The minimum absolute atomic E-state index is 0.00490. The summed E-state index contributed by atoms with van der Waals surface area (Å²) in [5, 5.41) is 2.85. The van der Waals surface area contributed by atoms with E-state index in [1.165, 1.54) is 7.11 Å². The third kappa shape index (κ3) is 6.86. The van der Waals surface area contributed by atoms with Crippen LogP contribution in [-0.4, -0.2) is 62.8 Å². The lowest BCUT2D eigenvalue weighted by Gasteiger charge is -2.24. The minimum atomic E-state index is -0.253. The van der Waals surface area contributed by atoms with Crippen molar-refractivity contribution in [1.29, 1.82) is 0 Å². The van der Waals surface area contributed by atoms with Gasteiger partial charge in [-0.25, -0.2) is 0 Å². The molecule has 0 radical (unpaired) electrons. The molecule has 0 spiro atoms. The first-order chi connectivity index (χ1) is 9.65. The molecule has 1 unspecified atom stereocenters. The monoisotopic (exact) mass is 286 g/mol. The van der Waals surface area contributed by atoms with Crippen LogP contribution in [0.4, 0.5) is 0 Å². The number of ether oxygens (including phenoxy) is 2. The predicted octanol–water partition coefficient (Wildman–Crippen LogP) is 0.557. The molecule has 116 valence electrons. The van der Waals surface area contributed by atoms with E-state index in [1.807, 2.05) is 11.8 Å². The Kier molecular flexibility index (Phi) is 8.22. The molecule has 0 aromatic carbocycles. The largest absolute Gasteiger partial charge is 0.469 e. The molecule has 1 atom stereocenters. The van der Waals surface area contributed by atoms with Crippen LogP contribution in [0, 0.1) is 0 Å². The molecule has 1 heterocycles. The molecular formula is C14H26N2O4. The highest BCUT2D eigenvalue weighted by Gasteiger charge is 2.21. The molecule has 1 aliphatic heterocycles. The molecule has 1 rings (SSSR count). The van der Waals surface area contributed by atoms with Crippen molar-refractivity contribution in [2.75, 3.05) is 39.9 Å². The number of rotatable bonds is 9. The van der Waals surface area contributed by atoms with Gasteiger partial charge >= 0.3 is 5.97 Å². The van der Waals surface area contributed by atoms with Gasteiger partial charge in [0.1, 0.15) is 0 Å². The quantitative estimate of drug-likeness (QED) is 0.627. The third-order valence-electron chi connectivity index (χ3n) is 3.29. The Morgan fingerprint density at radius 3 is 2.85 bits per heavy atom. The van der Waals surface area contributed by atoms with E-state index in [1.54, 1.807) is 0 Å². The molecule has 0 saturated carbocycles. The van der Waals surface area contributed by atoms with Gasteiger partial charge in [0.2, 0.25) is 5.91 Å². The van der Waals surface area contributed by atoms with Crippen molar-refractivity contribution < 1.29 is 19.1 Å². The van der Waals surface area contributed by atoms with Crippen molar-refractivity contribution in [3.8, 4) is 0 Å². The van der Waals surface area contributed by atoms with Gasteiger partial charge in [-0.15, -0.1) is 0 Å². The summed E-state index contributed by atoms with van der Waals surface area (Å²) in [5.41, 5.74) is 0. The van der Waals surface area contributed by atoms with E-state index in [0.717, 1.165) is 25.9 Å². The lowest BCUT2D eigenvalue weighted by Crippen LogP contribution is -2.42. The van der Waals surface area contributed by atoms with Crippen molar-refractivity contribution in [2.45, 2.75) is 38.7 Å². The number of esters is 1. The molecule has 20 heavy (non-hydrogen) atoms. The van der Waals surface area contributed by atoms with E-state index in [0.29, 0.717) is 32.6 Å². The molecular weight excluding hydrogens is 260 g/mol. The van der Waals surface area contributed by atoms with E-state index in [4.69, 9.17) is 4.74 Å². The van der Waals surface area contributed by atoms with Crippen LogP contribution in [0.15, 0.2) is 0 Å². The normalized spacial score (nSPS) is 18.2. The summed E-state index contributed by atoms with van der Waals surface area (Å²) >= 11 is 0. The van der Waals surface area contributed by atoms with Crippen LogP contribution < -0.4 is 5.32 Å². The summed E-state index contributed by atoms with van der Waals surface area (Å²) in [6.45, 7) is 5.00. The fourth-order valence-corrected chi connectivity index (χ4v) is 2.19. The summed E-state index contributed by atoms with van der Waals surface area (Å²) in [7, 11) is 1.38. The Bertz CT molecular complexity index is 304. The molecule has 0 aromatic rings. The molecule has 0 bridgehead atoms. The number of carbonyl (C=O) groups excluding carboxylic acids is 2. The van der Waals surface area contributed by atoms with Crippen LogP contribution in [0.1, 0.15) is 32.6 Å². The predicted molar refractivity (Wildman–Crippen MR) is 75.3 cm³/mol. The average Bonchev–Trinajstić information content (AvgIpc) is 2.95. The highest BCUT2D eigenvalue weighted by molar-refractivity contribution is 5.78. The first-order valence-corrected chi connectivity index (χ1v) is 7.33.